The Morgan fingerprint density at radius 1 is 1.26 bits per heavy atom. The summed E-state index contributed by atoms with van der Waals surface area (Å²) in [6, 6.07) is 6.03. The Bertz CT molecular complexity index is 514. The van der Waals surface area contributed by atoms with Gasteiger partial charge in [-0.05, 0) is 24.2 Å². The Morgan fingerprint density at radius 3 is 2.63 bits per heavy atom. The molecule has 0 spiro atoms. The molecule has 0 amide bonds. The van der Waals surface area contributed by atoms with Gasteiger partial charge in [-0.25, -0.2) is 4.98 Å². The van der Waals surface area contributed by atoms with Crippen LogP contribution in [0.3, 0.4) is 0 Å². The molecule has 0 fully saturated rings. The summed E-state index contributed by atoms with van der Waals surface area (Å²) >= 11 is 1.60. The zero-order valence-corrected chi connectivity index (χ0v) is 12.2. The molecular weight excluding hydrogens is 260 g/mol. The lowest BCUT2D eigenvalue weighted by Gasteiger charge is -2.18. The number of methoxy groups -OCH3 is 2. The van der Waals surface area contributed by atoms with Gasteiger partial charge in [0.05, 0.1) is 31.5 Å². The lowest BCUT2D eigenvalue weighted by molar-refractivity contribution is 0.354. The molecule has 0 aliphatic heterocycles. The summed E-state index contributed by atoms with van der Waals surface area (Å²) in [4.78, 5) is 4.39. The van der Waals surface area contributed by atoms with Crippen molar-refractivity contribution >= 4 is 11.3 Å². The van der Waals surface area contributed by atoms with Crippen molar-refractivity contribution in [1.82, 2.24) is 10.3 Å². The van der Waals surface area contributed by atoms with E-state index in [-0.39, 0.29) is 6.04 Å². The molecule has 0 saturated heterocycles. The Balaban J connectivity index is 2.37. The monoisotopic (exact) mass is 278 g/mol. The third-order valence-corrected chi connectivity index (χ3v) is 3.50. The average Bonchev–Trinajstić information content (AvgIpc) is 2.98. The van der Waals surface area contributed by atoms with E-state index in [1.54, 1.807) is 25.6 Å². The van der Waals surface area contributed by atoms with Crippen molar-refractivity contribution in [3.8, 4) is 11.5 Å². The molecule has 1 unspecified atom stereocenters. The van der Waals surface area contributed by atoms with Crippen LogP contribution in [0.2, 0.25) is 0 Å². The summed E-state index contributed by atoms with van der Waals surface area (Å²) in [7, 11) is 3.28. The SMILES string of the molecule is CCNC(c1ccc(OC)c(OC)c1)c1cscn1. The van der Waals surface area contributed by atoms with Crippen LogP contribution >= 0.6 is 11.3 Å². The van der Waals surface area contributed by atoms with E-state index in [1.807, 2.05) is 23.7 Å². The molecule has 1 aromatic carbocycles. The number of ether oxygens (including phenoxy) is 2. The highest BCUT2D eigenvalue weighted by molar-refractivity contribution is 7.07. The van der Waals surface area contributed by atoms with E-state index in [1.165, 1.54) is 0 Å². The van der Waals surface area contributed by atoms with Gasteiger partial charge in [-0.1, -0.05) is 13.0 Å². The topological polar surface area (TPSA) is 43.4 Å². The normalized spacial score (nSPS) is 12.2. The lowest BCUT2D eigenvalue weighted by atomic mass is 10.0. The standard InChI is InChI=1S/C14H18N2O2S/c1-4-15-14(11-8-19-9-16-11)10-5-6-12(17-2)13(7-10)18-3/h5-9,14-15H,4H2,1-3H3. The van der Waals surface area contributed by atoms with E-state index < -0.39 is 0 Å². The molecule has 0 bridgehead atoms. The van der Waals surface area contributed by atoms with Gasteiger partial charge >= 0.3 is 0 Å². The zero-order chi connectivity index (χ0) is 13.7. The highest BCUT2D eigenvalue weighted by Gasteiger charge is 2.17. The van der Waals surface area contributed by atoms with Gasteiger partial charge in [-0.15, -0.1) is 11.3 Å². The zero-order valence-electron chi connectivity index (χ0n) is 11.3. The van der Waals surface area contributed by atoms with E-state index in [4.69, 9.17) is 9.47 Å². The molecule has 4 nitrogen and oxygen atoms in total. The lowest BCUT2D eigenvalue weighted by Crippen LogP contribution is -2.22. The molecule has 19 heavy (non-hydrogen) atoms. The first-order valence-electron chi connectivity index (χ1n) is 6.13. The predicted octanol–water partition coefficient (Wildman–Crippen LogP) is 2.86. The minimum absolute atomic E-state index is 0.0797. The van der Waals surface area contributed by atoms with Crippen molar-refractivity contribution in [2.75, 3.05) is 20.8 Å². The fourth-order valence-electron chi connectivity index (χ4n) is 1.99. The summed E-state index contributed by atoms with van der Waals surface area (Å²) in [5, 5.41) is 5.50. The van der Waals surface area contributed by atoms with Crippen molar-refractivity contribution in [2.24, 2.45) is 0 Å². The fourth-order valence-corrected chi connectivity index (χ4v) is 2.57. The number of hydrogen-bond acceptors (Lipinski definition) is 5. The highest BCUT2D eigenvalue weighted by Crippen LogP contribution is 2.32. The van der Waals surface area contributed by atoms with Gasteiger partial charge in [0.2, 0.25) is 0 Å². The second-order valence-corrected chi connectivity index (χ2v) is 4.74. The van der Waals surface area contributed by atoms with E-state index in [0.717, 1.165) is 29.3 Å². The number of hydrogen-bond donors (Lipinski definition) is 1. The Morgan fingerprint density at radius 2 is 2.05 bits per heavy atom. The second kappa shape index (κ2) is 6.54. The Hall–Kier alpha value is -1.59. The van der Waals surface area contributed by atoms with Crippen LogP contribution in [0.15, 0.2) is 29.1 Å². The number of aromatic nitrogens is 1. The van der Waals surface area contributed by atoms with Crippen molar-refractivity contribution in [2.45, 2.75) is 13.0 Å². The molecule has 1 heterocycles. The van der Waals surface area contributed by atoms with Gasteiger partial charge < -0.3 is 14.8 Å². The van der Waals surface area contributed by atoms with Crippen LogP contribution in [-0.4, -0.2) is 25.7 Å². The van der Waals surface area contributed by atoms with E-state index >= 15 is 0 Å². The summed E-state index contributed by atoms with van der Waals surface area (Å²) in [5.41, 5.74) is 3.99. The van der Waals surface area contributed by atoms with Crippen LogP contribution < -0.4 is 14.8 Å². The molecular formula is C14H18N2O2S. The number of benzene rings is 1. The van der Waals surface area contributed by atoms with Gasteiger partial charge in [0, 0.05) is 5.38 Å². The van der Waals surface area contributed by atoms with Crippen LogP contribution in [0.1, 0.15) is 24.2 Å². The molecule has 0 radical (unpaired) electrons. The maximum absolute atomic E-state index is 5.35. The van der Waals surface area contributed by atoms with Gasteiger partial charge in [0.1, 0.15) is 0 Å². The molecule has 0 aliphatic carbocycles. The Labute approximate surface area is 117 Å². The van der Waals surface area contributed by atoms with Crippen molar-refractivity contribution in [3.05, 3.63) is 40.3 Å². The van der Waals surface area contributed by atoms with E-state index in [9.17, 15) is 0 Å². The third kappa shape index (κ3) is 3.05. The molecule has 1 aromatic heterocycles. The maximum atomic E-state index is 5.35. The smallest absolute Gasteiger partial charge is 0.161 e. The summed E-state index contributed by atoms with van der Waals surface area (Å²) in [6.07, 6.45) is 0. The summed E-state index contributed by atoms with van der Waals surface area (Å²) in [5.74, 6) is 1.47. The van der Waals surface area contributed by atoms with Gasteiger partial charge in [-0.2, -0.15) is 0 Å². The van der Waals surface area contributed by atoms with Crippen LogP contribution in [0, 0.1) is 0 Å². The van der Waals surface area contributed by atoms with Crippen LogP contribution in [0.5, 0.6) is 11.5 Å². The van der Waals surface area contributed by atoms with Crippen LogP contribution in [0.25, 0.3) is 0 Å². The van der Waals surface area contributed by atoms with E-state index in [0.29, 0.717) is 0 Å². The third-order valence-electron chi connectivity index (χ3n) is 2.90. The van der Waals surface area contributed by atoms with E-state index in [2.05, 4.69) is 22.6 Å². The Kier molecular flexibility index (Phi) is 4.76. The van der Waals surface area contributed by atoms with Gasteiger partial charge in [-0.3, -0.25) is 0 Å². The number of thiazole rings is 1. The first kappa shape index (κ1) is 13.8. The van der Waals surface area contributed by atoms with Crippen molar-refractivity contribution < 1.29 is 9.47 Å². The molecule has 1 atom stereocenters. The average molecular weight is 278 g/mol. The van der Waals surface area contributed by atoms with Crippen molar-refractivity contribution in [3.63, 3.8) is 0 Å². The molecule has 0 saturated carbocycles. The van der Waals surface area contributed by atoms with Crippen LogP contribution in [-0.2, 0) is 0 Å². The fraction of sp³-hybridized carbons (Fsp3) is 0.357. The first-order chi connectivity index (χ1) is 9.30. The number of rotatable bonds is 6. The molecule has 5 heteroatoms. The molecule has 102 valence electrons. The largest absolute Gasteiger partial charge is 0.493 e. The summed E-state index contributed by atoms with van der Waals surface area (Å²) in [6.45, 7) is 2.96. The van der Waals surface area contributed by atoms with Gasteiger partial charge in [0.15, 0.2) is 11.5 Å². The number of nitrogens with zero attached hydrogens (tertiary/aromatic N) is 1. The predicted molar refractivity (Wildman–Crippen MR) is 77.2 cm³/mol. The number of nitrogens with one attached hydrogen (secondary N) is 1. The van der Waals surface area contributed by atoms with Crippen molar-refractivity contribution in [1.29, 1.82) is 0 Å². The minimum Gasteiger partial charge on any atom is -0.493 e. The van der Waals surface area contributed by atoms with Gasteiger partial charge in [0.25, 0.3) is 0 Å². The second-order valence-electron chi connectivity index (χ2n) is 4.02. The highest BCUT2D eigenvalue weighted by atomic mass is 32.1. The molecule has 1 N–H and O–H groups in total. The molecule has 2 rings (SSSR count). The molecule has 0 aliphatic rings. The van der Waals surface area contributed by atoms with Crippen LogP contribution in [0.4, 0.5) is 0 Å². The first-order valence-corrected chi connectivity index (χ1v) is 7.07. The summed E-state index contributed by atoms with van der Waals surface area (Å²) < 4.78 is 10.6. The quantitative estimate of drug-likeness (QED) is 0.882. The maximum Gasteiger partial charge on any atom is 0.161 e. The molecule has 2 aromatic rings. The minimum atomic E-state index is 0.0797.